The highest BCUT2D eigenvalue weighted by Gasteiger charge is 2.20. The summed E-state index contributed by atoms with van der Waals surface area (Å²) in [4.78, 5) is 2.62. The third-order valence-corrected chi connectivity index (χ3v) is 3.67. The van der Waals surface area contributed by atoms with Gasteiger partial charge in [0.15, 0.2) is 0 Å². The van der Waals surface area contributed by atoms with Crippen LogP contribution >= 0.6 is 0 Å². The molecule has 3 nitrogen and oxygen atoms in total. The SMILES string of the molecule is CCC1COCCN1CCCCCNCC(C)C. The molecule has 3 heteroatoms. The topological polar surface area (TPSA) is 24.5 Å². The number of morpholine rings is 1. The van der Waals surface area contributed by atoms with E-state index in [2.05, 4.69) is 31.0 Å². The molecule has 1 aliphatic heterocycles. The zero-order chi connectivity index (χ0) is 13.2. The van der Waals surface area contributed by atoms with Crippen molar-refractivity contribution < 1.29 is 4.74 Å². The van der Waals surface area contributed by atoms with E-state index >= 15 is 0 Å². The Morgan fingerprint density at radius 1 is 1.28 bits per heavy atom. The van der Waals surface area contributed by atoms with Gasteiger partial charge in [0.1, 0.15) is 0 Å². The Morgan fingerprint density at radius 3 is 2.83 bits per heavy atom. The van der Waals surface area contributed by atoms with E-state index in [0.29, 0.717) is 6.04 Å². The quantitative estimate of drug-likeness (QED) is 0.642. The largest absolute Gasteiger partial charge is 0.378 e. The predicted molar refractivity (Wildman–Crippen MR) is 78.0 cm³/mol. The first kappa shape index (κ1) is 15.9. The molecule has 1 unspecified atom stereocenters. The Hall–Kier alpha value is -0.120. The number of rotatable bonds is 9. The third kappa shape index (κ3) is 6.72. The molecule has 0 aromatic heterocycles. The molecule has 18 heavy (non-hydrogen) atoms. The van der Waals surface area contributed by atoms with Gasteiger partial charge in [-0.1, -0.05) is 27.2 Å². The fraction of sp³-hybridized carbons (Fsp3) is 1.00. The fourth-order valence-corrected chi connectivity index (χ4v) is 2.49. The smallest absolute Gasteiger partial charge is 0.0622 e. The highest BCUT2D eigenvalue weighted by atomic mass is 16.5. The lowest BCUT2D eigenvalue weighted by Crippen LogP contribution is -2.45. The molecule has 1 rings (SSSR count). The van der Waals surface area contributed by atoms with Crippen molar-refractivity contribution in [3.63, 3.8) is 0 Å². The summed E-state index contributed by atoms with van der Waals surface area (Å²) in [6.45, 7) is 13.4. The van der Waals surface area contributed by atoms with Crippen molar-refractivity contribution in [3.05, 3.63) is 0 Å². The summed E-state index contributed by atoms with van der Waals surface area (Å²) >= 11 is 0. The van der Waals surface area contributed by atoms with Crippen LogP contribution in [0.4, 0.5) is 0 Å². The van der Waals surface area contributed by atoms with Gasteiger partial charge in [-0.25, -0.2) is 0 Å². The highest BCUT2D eigenvalue weighted by molar-refractivity contribution is 4.73. The van der Waals surface area contributed by atoms with Gasteiger partial charge in [0, 0.05) is 12.6 Å². The molecule has 0 aliphatic carbocycles. The molecule has 0 radical (unpaired) electrons. The van der Waals surface area contributed by atoms with E-state index in [1.165, 1.54) is 38.8 Å². The molecule has 1 aliphatic rings. The maximum Gasteiger partial charge on any atom is 0.0622 e. The molecule has 0 bridgehead atoms. The van der Waals surface area contributed by atoms with Crippen molar-refractivity contribution in [3.8, 4) is 0 Å². The van der Waals surface area contributed by atoms with Gasteiger partial charge in [-0.05, 0) is 44.8 Å². The lowest BCUT2D eigenvalue weighted by molar-refractivity contribution is -0.00916. The van der Waals surface area contributed by atoms with Crippen LogP contribution in [0.2, 0.25) is 0 Å². The van der Waals surface area contributed by atoms with Gasteiger partial charge in [-0.2, -0.15) is 0 Å². The van der Waals surface area contributed by atoms with E-state index in [0.717, 1.165) is 32.2 Å². The van der Waals surface area contributed by atoms with Crippen LogP contribution in [-0.2, 0) is 4.74 Å². The Balaban J connectivity index is 1.96. The first-order valence-corrected chi connectivity index (χ1v) is 7.76. The average molecular weight is 256 g/mol. The van der Waals surface area contributed by atoms with Crippen molar-refractivity contribution in [1.82, 2.24) is 10.2 Å². The molecule has 0 aromatic carbocycles. The zero-order valence-corrected chi connectivity index (χ0v) is 12.6. The molecule has 0 amide bonds. The average Bonchev–Trinajstić information content (AvgIpc) is 2.37. The number of nitrogens with one attached hydrogen (secondary N) is 1. The van der Waals surface area contributed by atoms with Crippen LogP contribution in [-0.4, -0.2) is 50.3 Å². The Labute approximate surface area is 113 Å². The van der Waals surface area contributed by atoms with Gasteiger partial charge in [-0.3, -0.25) is 4.90 Å². The van der Waals surface area contributed by atoms with Crippen LogP contribution in [0.3, 0.4) is 0 Å². The molecular weight excluding hydrogens is 224 g/mol. The molecule has 0 spiro atoms. The van der Waals surface area contributed by atoms with E-state index in [9.17, 15) is 0 Å². The maximum atomic E-state index is 5.53. The van der Waals surface area contributed by atoms with Gasteiger partial charge in [0.05, 0.1) is 13.2 Å². The van der Waals surface area contributed by atoms with E-state index < -0.39 is 0 Å². The molecule has 1 N–H and O–H groups in total. The Kier molecular flexibility index (Phi) is 8.64. The number of ether oxygens (including phenoxy) is 1. The monoisotopic (exact) mass is 256 g/mol. The van der Waals surface area contributed by atoms with Crippen molar-refractivity contribution in [1.29, 1.82) is 0 Å². The van der Waals surface area contributed by atoms with Crippen molar-refractivity contribution in [2.45, 2.75) is 52.5 Å². The summed E-state index contributed by atoms with van der Waals surface area (Å²) in [5.41, 5.74) is 0. The molecular formula is C15H32N2O. The van der Waals surface area contributed by atoms with Gasteiger partial charge < -0.3 is 10.1 Å². The third-order valence-electron chi connectivity index (χ3n) is 3.67. The minimum absolute atomic E-state index is 0.665. The molecule has 1 fully saturated rings. The van der Waals surface area contributed by atoms with E-state index in [4.69, 9.17) is 4.74 Å². The second-order valence-electron chi connectivity index (χ2n) is 5.83. The summed E-state index contributed by atoms with van der Waals surface area (Å²) in [5.74, 6) is 0.767. The fourth-order valence-electron chi connectivity index (χ4n) is 2.49. The molecule has 0 saturated carbocycles. The Bertz CT molecular complexity index is 197. The van der Waals surface area contributed by atoms with Crippen LogP contribution in [0.15, 0.2) is 0 Å². The second kappa shape index (κ2) is 9.76. The van der Waals surface area contributed by atoms with Crippen molar-refractivity contribution >= 4 is 0 Å². The van der Waals surface area contributed by atoms with Crippen LogP contribution in [0.25, 0.3) is 0 Å². The number of nitrogens with zero attached hydrogens (tertiary/aromatic N) is 1. The summed E-state index contributed by atoms with van der Waals surface area (Å²) in [5, 5.41) is 3.51. The molecule has 1 atom stereocenters. The summed E-state index contributed by atoms with van der Waals surface area (Å²) in [7, 11) is 0. The van der Waals surface area contributed by atoms with Crippen LogP contribution in [0.5, 0.6) is 0 Å². The number of hydrogen-bond donors (Lipinski definition) is 1. The molecule has 0 aromatic rings. The first-order valence-electron chi connectivity index (χ1n) is 7.76. The van der Waals surface area contributed by atoms with Gasteiger partial charge in [-0.15, -0.1) is 0 Å². The second-order valence-corrected chi connectivity index (χ2v) is 5.83. The number of hydrogen-bond acceptors (Lipinski definition) is 3. The normalized spacial score (nSPS) is 21.7. The van der Waals surface area contributed by atoms with Crippen molar-refractivity contribution in [2.24, 2.45) is 5.92 Å². The first-order chi connectivity index (χ1) is 8.74. The van der Waals surface area contributed by atoms with Crippen LogP contribution in [0, 0.1) is 5.92 Å². The predicted octanol–water partition coefficient (Wildman–Crippen LogP) is 2.51. The van der Waals surface area contributed by atoms with E-state index in [1.807, 2.05) is 0 Å². The zero-order valence-electron chi connectivity index (χ0n) is 12.6. The van der Waals surface area contributed by atoms with E-state index in [-0.39, 0.29) is 0 Å². The molecule has 1 heterocycles. The number of unbranched alkanes of at least 4 members (excludes halogenated alkanes) is 2. The minimum atomic E-state index is 0.665. The van der Waals surface area contributed by atoms with Crippen LogP contribution in [0.1, 0.15) is 46.5 Å². The van der Waals surface area contributed by atoms with Gasteiger partial charge >= 0.3 is 0 Å². The minimum Gasteiger partial charge on any atom is -0.378 e. The van der Waals surface area contributed by atoms with Gasteiger partial charge in [0.2, 0.25) is 0 Å². The summed E-state index contributed by atoms with van der Waals surface area (Å²) in [6, 6.07) is 0.665. The van der Waals surface area contributed by atoms with Crippen LogP contribution < -0.4 is 5.32 Å². The summed E-state index contributed by atoms with van der Waals surface area (Å²) < 4.78 is 5.53. The highest BCUT2D eigenvalue weighted by Crippen LogP contribution is 2.11. The summed E-state index contributed by atoms with van der Waals surface area (Å²) in [6.07, 6.45) is 5.21. The lowest BCUT2D eigenvalue weighted by Gasteiger charge is -2.35. The maximum absolute atomic E-state index is 5.53. The van der Waals surface area contributed by atoms with Crippen molar-refractivity contribution in [2.75, 3.05) is 39.4 Å². The van der Waals surface area contributed by atoms with Gasteiger partial charge in [0.25, 0.3) is 0 Å². The molecule has 1 saturated heterocycles. The Morgan fingerprint density at radius 2 is 2.11 bits per heavy atom. The van der Waals surface area contributed by atoms with E-state index in [1.54, 1.807) is 0 Å². The lowest BCUT2D eigenvalue weighted by atomic mass is 10.1. The standard InChI is InChI=1S/C15H32N2O/c1-4-15-13-18-11-10-17(15)9-7-5-6-8-16-12-14(2)3/h14-16H,4-13H2,1-3H3. The molecule has 108 valence electrons.